The van der Waals surface area contributed by atoms with Crippen LogP contribution in [-0.4, -0.2) is 32.1 Å². The van der Waals surface area contributed by atoms with Crippen LogP contribution in [0.1, 0.15) is 17.5 Å². The van der Waals surface area contributed by atoms with E-state index in [0.29, 0.717) is 24.3 Å². The molecule has 1 aliphatic heterocycles. The Morgan fingerprint density at radius 1 is 1.15 bits per heavy atom. The first-order valence-electron chi connectivity index (χ1n) is 8.50. The first-order chi connectivity index (χ1) is 12.6. The molecule has 136 valence electrons. The largest absolute Gasteiger partial charge is 0.493 e. The summed E-state index contributed by atoms with van der Waals surface area (Å²) in [7, 11) is 3.15. The molecule has 0 saturated carbocycles. The molecule has 0 aromatic heterocycles. The summed E-state index contributed by atoms with van der Waals surface area (Å²) in [5.41, 5.74) is 2.72. The molecule has 2 amide bonds. The van der Waals surface area contributed by atoms with E-state index >= 15 is 0 Å². The van der Waals surface area contributed by atoms with Crippen LogP contribution in [0.3, 0.4) is 0 Å². The average Bonchev–Trinajstić information content (AvgIpc) is 2.66. The average molecular weight is 354 g/mol. The Morgan fingerprint density at radius 2 is 1.96 bits per heavy atom. The van der Waals surface area contributed by atoms with Crippen molar-refractivity contribution in [3.05, 3.63) is 53.6 Å². The third-order valence-electron chi connectivity index (χ3n) is 4.46. The molecule has 1 aliphatic rings. The fraction of sp³-hybridized carbons (Fsp3) is 0.300. The van der Waals surface area contributed by atoms with Gasteiger partial charge in [0.15, 0.2) is 11.5 Å². The van der Waals surface area contributed by atoms with Gasteiger partial charge >= 0.3 is 0 Å². The van der Waals surface area contributed by atoms with E-state index in [1.54, 1.807) is 14.2 Å². The second-order valence-corrected chi connectivity index (χ2v) is 6.12. The van der Waals surface area contributed by atoms with Gasteiger partial charge in [-0.1, -0.05) is 30.3 Å². The summed E-state index contributed by atoms with van der Waals surface area (Å²) in [6.45, 7) is 0. The maximum Gasteiger partial charge on any atom is 0.247 e. The Bertz CT molecular complexity index is 819. The zero-order valence-electron chi connectivity index (χ0n) is 14.9. The van der Waals surface area contributed by atoms with Gasteiger partial charge in [0.1, 0.15) is 6.04 Å². The Hall–Kier alpha value is -3.02. The Labute approximate surface area is 152 Å². The lowest BCUT2D eigenvalue weighted by Crippen LogP contribution is -2.47. The van der Waals surface area contributed by atoms with E-state index in [4.69, 9.17) is 9.47 Å². The van der Waals surface area contributed by atoms with Crippen molar-refractivity contribution < 1.29 is 19.1 Å². The van der Waals surface area contributed by atoms with Gasteiger partial charge in [-0.15, -0.1) is 0 Å². The van der Waals surface area contributed by atoms with Crippen LogP contribution in [0.4, 0.5) is 5.69 Å². The number of amides is 2. The van der Waals surface area contributed by atoms with Crippen LogP contribution < -0.4 is 20.1 Å². The molecule has 0 spiro atoms. The number of ether oxygens (including phenoxy) is 2. The van der Waals surface area contributed by atoms with Crippen LogP contribution >= 0.6 is 0 Å². The molecule has 6 nitrogen and oxygen atoms in total. The monoisotopic (exact) mass is 354 g/mol. The van der Waals surface area contributed by atoms with Crippen LogP contribution in [0, 0.1) is 0 Å². The molecule has 2 aromatic rings. The molecule has 1 atom stereocenters. The summed E-state index contributed by atoms with van der Waals surface area (Å²) in [5, 5.41) is 5.66. The number of methoxy groups -OCH3 is 2. The van der Waals surface area contributed by atoms with Crippen molar-refractivity contribution in [1.82, 2.24) is 5.32 Å². The molecule has 0 fully saturated rings. The van der Waals surface area contributed by atoms with Crippen LogP contribution in [0.25, 0.3) is 0 Å². The number of para-hydroxylation sites is 2. The van der Waals surface area contributed by atoms with E-state index in [1.165, 1.54) is 0 Å². The van der Waals surface area contributed by atoms with Crippen molar-refractivity contribution in [3.8, 4) is 11.5 Å². The van der Waals surface area contributed by atoms with Gasteiger partial charge in [0.2, 0.25) is 11.8 Å². The number of aryl methyl sites for hydroxylation is 1. The zero-order valence-corrected chi connectivity index (χ0v) is 14.9. The Kier molecular flexibility index (Phi) is 5.41. The van der Waals surface area contributed by atoms with Gasteiger partial charge in [-0.05, 0) is 29.7 Å². The summed E-state index contributed by atoms with van der Waals surface area (Å²) >= 11 is 0. The molecule has 26 heavy (non-hydrogen) atoms. The van der Waals surface area contributed by atoms with Crippen molar-refractivity contribution in [3.63, 3.8) is 0 Å². The van der Waals surface area contributed by atoms with Crippen LogP contribution in [0.15, 0.2) is 42.5 Å². The topological polar surface area (TPSA) is 76.7 Å². The fourth-order valence-corrected chi connectivity index (χ4v) is 3.13. The maximum atomic E-state index is 12.3. The first-order valence-corrected chi connectivity index (χ1v) is 8.50. The van der Waals surface area contributed by atoms with Crippen molar-refractivity contribution in [1.29, 1.82) is 0 Å². The lowest BCUT2D eigenvalue weighted by atomic mass is 9.98. The molecule has 0 unspecified atom stereocenters. The van der Waals surface area contributed by atoms with Gasteiger partial charge in [-0.3, -0.25) is 9.59 Å². The number of fused-ring (bicyclic) bond motifs is 1. The Morgan fingerprint density at radius 3 is 2.73 bits per heavy atom. The number of hydrogen-bond acceptors (Lipinski definition) is 4. The minimum Gasteiger partial charge on any atom is -0.493 e. The highest BCUT2D eigenvalue weighted by Crippen LogP contribution is 2.31. The molecule has 3 rings (SSSR count). The number of rotatable bonds is 6. The maximum absolute atomic E-state index is 12.3. The molecule has 1 heterocycles. The molecule has 0 saturated heterocycles. The van der Waals surface area contributed by atoms with Gasteiger partial charge in [0.25, 0.3) is 0 Å². The SMILES string of the molecule is COc1cccc(CCC(=O)N[C@@H]2Cc3ccccc3NC2=O)c1OC. The number of nitrogens with one attached hydrogen (secondary N) is 2. The van der Waals surface area contributed by atoms with Crippen LogP contribution in [0.2, 0.25) is 0 Å². The third kappa shape index (κ3) is 3.79. The standard InChI is InChI=1S/C20H22N2O4/c1-25-17-9-5-7-13(19(17)26-2)10-11-18(23)21-16-12-14-6-3-4-8-15(14)22-20(16)24/h3-9,16H,10-12H2,1-2H3,(H,21,23)(H,22,24)/t16-/m1/s1. The molecule has 2 N–H and O–H groups in total. The van der Waals surface area contributed by atoms with E-state index in [2.05, 4.69) is 10.6 Å². The highest BCUT2D eigenvalue weighted by atomic mass is 16.5. The van der Waals surface area contributed by atoms with Gasteiger partial charge in [-0.2, -0.15) is 0 Å². The molecular formula is C20H22N2O4. The number of hydrogen-bond donors (Lipinski definition) is 2. The lowest BCUT2D eigenvalue weighted by molar-refractivity contribution is -0.126. The van der Waals surface area contributed by atoms with Gasteiger partial charge in [0.05, 0.1) is 14.2 Å². The number of carbonyl (C=O) groups is 2. The van der Waals surface area contributed by atoms with Crippen molar-refractivity contribution in [2.75, 3.05) is 19.5 Å². The summed E-state index contributed by atoms with van der Waals surface area (Å²) in [4.78, 5) is 24.5. The minimum absolute atomic E-state index is 0.172. The summed E-state index contributed by atoms with van der Waals surface area (Å²) < 4.78 is 10.7. The van der Waals surface area contributed by atoms with E-state index in [1.807, 2.05) is 42.5 Å². The molecule has 2 aromatic carbocycles. The molecule has 0 radical (unpaired) electrons. The van der Waals surface area contributed by atoms with Gasteiger partial charge in [-0.25, -0.2) is 0 Å². The summed E-state index contributed by atoms with van der Waals surface area (Å²) in [6, 6.07) is 12.6. The Balaban J connectivity index is 1.61. The second-order valence-electron chi connectivity index (χ2n) is 6.12. The molecule has 6 heteroatoms. The third-order valence-corrected chi connectivity index (χ3v) is 4.46. The van der Waals surface area contributed by atoms with E-state index in [0.717, 1.165) is 16.8 Å². The van der Waals surface area contributed by atoms with Crippen molar-refractivity contribution >= 4 is 17.5 Å². The fourth-order valence-electron chi connectivity index (χ4n) is 3.13. The smallest absolute Gasteiger partial charge is 0.247 e. The highest BCUT2D eigenvalue weighted by molar-refractivity contribution is 6.00. The predicted molar refractivity (Wildman–Crippen MR) is 98.6 cm³/mol. The number of benzene rings is 2. The summed E-state index contributed by atoms with van der Waals surface area (Å²) in [6.07, 6.45) is 1.25. The van der Waals surface area contributed by atoms with Gasteiger partial charge < -0.3 is 20.1 Å². The minimum atomic E-state index is -0.551. The van der Waals surface area contributed by atoms with E-state index in [9.17, 15) is 9.59 Å². The lowest BCUT2D eigenvalue weighted by Gasteiger charge is -2.25. The van der Waals surface area contributed by atoms with E-state index < -0.39 is 6.04 Å². The van der Waals surface area contributed by atoms with Crippen molar-refractivity contribution in [2.45, 2.75) is 25.3 Å². The van der Waals surface area contributed by atoms with E-state index in [-0.39, 0.29) is 18.2 Å². The molecule has 0 aliphatic carbocycles. The van der Waals surface area contributed by atoms with Crippen LogP contribution in [0.5, 0.6) is 11.5 Å². The summed E-state index contributed by atoms with van der Waals surface area (Å²) in [5.74, 6) is 0.909. The second kappa shape index (κ2) is 7.91. The first kappa shape index (κ1) is 17.8. The zero-order chi connectivity index (χ0) is 18.5. The quantitative estimate of drug-likeness (QED) is 0.835. The molecule has 0 bridgehead atoms. The van der Waals surface area contributed by atoms with Crippen LogP contribution in [-0.2, 0) is 22.4 Å². The van der Waals surface area contributed by atoms with Gasteiger partial charge in [0, 0.05) is 18.5 Å². The van der Waals surface area contributed by atoms with Crippen molar-refractivity contribution in [2.24, 2.45) is 0 Å². The number of carbonyl (C=O) groups excluding carboxylic acids is 2. The predicted octanol–water partition coefficient (Wildman–Crippen LogP) is 2.32. The normalized spacial score (nSPS) is 15.6. The number of anilines is 1. The molecular weight excluding hydrogens is 332 g/mol. The highest BCUT2D eigenvalue weighted by Gasteiger charge is 2.27.